The third kappa shape index (κ3) is 4.65. The fourth-order valence-electron chi connectivity index (χ4n) is 2.30. The average molecular weight is 388 g/mol. The highest BCUT2D eigenvalue weighted by Crippen LogP contribution is 2.17. The van der Waals surface area contributed by atoms with E-state index in [9.17, 15) is 18.5 Å². The quantitative estimate of drug-likeness (QED) is 0.340. The van der Waals surface area contributed by atoms with Gasteiger partial charge in [0.05, 0.1) is 9.82 Å². The minimum absolute atomic E-state index is 0.0773. The highest BCUT2D eigenvalue weighted by molar-refractivity contribution is 7.89. The maximum Gasteiger partial charge on any atom is 0.270 e. The Labute approximate surface area is 155 Å². The molecule has 0 radical (unpaired) electrons. The number of benzene rings is 1. The summed E-state index contributed by atoms with van der Waals surface area (Å²) >= 11 is 0. The molecule has 0 saturated carbocycles. The predicted octanol–water partition coefficient (Wildman–Crippen LogP) is 1.57. The van der Waals surface area contributed by atoms with Crippen LogP contribution in [0.15, 0.2) is 66.1 Å². The molecule has 27 heavy (non-hydrogen) atoms. The van der Waals surface area contributed by atoms with Gasteiger partial charge in [0, 0.05) is 43.7 Å². The van der Waals surface area contributed by atoms with Crippen molar-refractivity contribution in [1.29, 1.82) is 0 Å². The van der Waals surface area contributed by atoms with E-state index in [1.807, 2.05) is 29.1 Å². The molecule has 1 aromatic carbocycles. The number of rotatable bonds is 8. The number of nitrogens with one attached hydrogen (secondary N) is 2. The Kier molecular flexibility index (Phi) is 5.43. The molecular formula is C16H16N6O4S. The predicted molar refractivity (Wildman–Crippen MR) is 98.1 cm³/mol. The lowest BCUT2D eigenvalue weighted by atomic mass is 10.3. The van der Waals surface area contributed by atoms with Gasteiger partial charge in [0.1, 0.15) is 18.0 Å². The van der Waals surface area contributed by atoms with Crippen LogP contribution in [0.3, 0.4) is 0 Å². The van der Waals surface area contributed by atoms with Gasteiger partial charge in [0.2, 0.25) is 10.0 Å². The molecule has 0 fully saturated rings. The van der Waals surface area contributed by atoms with Crippen molar-refractivity contribution < 1.29 is 13.3 Å². The number of nitro groups is 1. The lowest BCUT2D eigenvalue weighted by molar-refractivity contribution is -0.385. The third-order valence-electron chi connectivity index (χ3n) is 3.58. The van der Waals surface area contributed by atoms with Crippen LogP contribution in [0.2, 0.25) is 0 Å². The summed E-state index contributed by atoms with van der Waals surface area (Å²) < 4.78 is 28.7. The van der Waals surface area contributed by atoms with Crippen LogP contribution in [0.1, 0.15) is 0 Å². The first-order chi connectivity index (χ1) is 13.0. The standard InChI is InChI=1S/C16H16N6O4S/c23-22(24)13-4-3-5-14(10-13)27(25,26)20-7-6-17-15-11-16(19-12-18-15)21-8-1-2-9-21/h1-5,8-12,20H,6-7H2,(H,17,18,19). The number of hydrogen-bond donors (Lipinski definition) is 2. The zero-order valence-electron chi connectivity index (χ0n) is 14.0. The molecule has 2 aromatic heterocycles. The first-order valence-electron chi connectivity index (χ1n) is 7.89. The average Bonchev–Trinajstić information content (AvgIpc) is 3.20. The van der Waals surface area contributed by atoms with Crippen LogP contribution in [-0.2, 0) is 10.0 Å². The Balaban J connectivity index is 1.58. The number of non-ortho nitro benzene ring substituents is 1. The summed E-state index contributed by atoms with van der Waals surface area (Å²) in [7, 11) is -3.85. The lowest BCUT2D eigenvalue weighted by Crippen LogP contribution is -2.29. The van der Waals surface area contributed by atoms with Crippen molar-refractivity contribution in [3.05, 3.63) is 71.3 Å². The number of sulfonamides is 1. The molecule has 3 rings (SSSR count). The van der Waals surface area contributed by atoms with E-state index in [0.717, 1.165) is 6.07 Å². The van der Waals surface area contributed by atoms with Crippen molar-refractivity contribution >= 4 is 21.5 Å². The summed E-state index contributed by atoms with van der Waals surface area (Å²) in [4.78, 5) is 18.2. The fourth-order valence-corrected chi connectivity index (χ4v) is 3.37. The fraction of sp³-hybridized carbons (Fsp3) is 0.125. The van der Waals surface area contributed by atoms with Crippen LogP contribution in [0.5, 0.6) is 0 Å². The van der Waals surface area contributed by atoms with Gasteiger partial charge in [-0.1, -0.05) is 6.07 Å². The van der Waals surface area contributed by atoms with Crippen molar-refractivity contribution in [2.75, 3.05) is 18.4 Å². The highest BCUT2D eigenvalue weighted by atomic mass is 32.2. The molecule has 0 aliphatic heterocycles. The Morgan fingerprint density at radius 2 is 1.85 bits per heavy atom. The summed E-state index contributed by atoms with van der Waals surface area (Å²) in [6.45, 7) is 0.351. The largest absolute Gasteiger partial charge is 0.369 e. The lowest BCUT2D eigenvalue weighted by Gasteiger charge is -2.09. The molecule has 0 aliphatic carbocycles. The molecular weight excluding hydrogens is 372 g/mol. The van der Waals surface area contributed by atoms with Gasteiger partial charge in [-0.25, -0.2) is 23.1 Å². The molecule has 0 saturated heterocycles. The maximum atomic E-state index is 12.2. The number of anilines is 1. The summed E-state index contributed by atoms with van der Waals surface area (Å²) in [5.41, 5.74) is -0.283. The van der Waals surface area contributed by atoms with Gasteiger partial charge in [-0.2, -0.15) is 0 Å². The minimum atomic E-state index is -3.85. The van der Waals surface area contributed by atoms with E-state index >= 15 is 0 Å². The number of hydrogen-bond acceptors (Lipinski definition) is 7. The van der Waals surface area contributed by atoms with E-state index in [-0.39, 0.29) is 23.7 Å². The first kappa shape index (κ1) is 18.5. The molecule has 10 nitrogen and oxygen atoms in total. The zero-order chi connectivity index (χ0) is 19.3. The van der Waals surface area contributed by atoms with Crippen LogP contribution >= 0.6 is 0 Å². The number of aromatic nitrogens is 3. The van der Waals surface area contributed by atoms with E-state index in [2.05, 4.69) is 20.0 Å². The molecule has 0 atom stereocenters. The molecule has 2 heterocycles. The van der Waals surface area contributed by atoms with Crippen LogP contribution in [0.25, 0.3) is 5.82 Å². The summed E-state index contributed by atoms with van der Waals surface area (Å²) in [5, 5.41) is 13.8. The second-order valence-corrected chi connectivity index (χ2v) is 7.20. The highest BCUT2D eigenvalue weighted by Gasteiger charge is 2.16. The van der Waals surface area contributed by atoms with Gasteiger partial charge in [-0.15, -0.1) is 0 Å². The van der Waals surface area contributed by atoms with Crippen LogP contribution in [-0.4, -0.2) is 41.0 Å². The van der Waals surface area contributed by atoms with E-state index in [1.54, 1.807) is 6.07 Å². The molecule has 140 valence electrons. The van der Waals surface area contributed by atoms with E-state index in [4.69, 9.17) is 0 Å². The van der Waals surface area contributed by atoms with Gasteiger partial charge >= 0.3 is 0 Å². The molecule has 0 amide bonds. The number of nitro benzene ring substituents is 1. The monoisotopic (exact) mass is 388 g/mol. The topological polar surface area (TPSA) is 132 Å². The van der Waals surface area contributed by atoms with Gasteiger partial charge < -0.3 is 9.88 Å². The van der Waals surface area contributed by atoms with Gasteiger partial charge in [-0.05, 0) is 18.2 Å². The van der Waals surface area contributed by atoms with E-state index < -0.39 is 14.9 Å². The molecule has 0 spiro atoms. The van der Waals surface area contributed by atoms with Crippen molar-refractivity contribution in [2.45, 2.75) is 4.90 Å². The minimum Gasteiger partial charge on any atom is -0.369 e. The maximum absolute atomic E-state index is 12.2. The van der Waals surface area contributed by atoms with Crippen molar-refractivity contribution in [3.8, 4) is 5.82 Å². The Hall–Kier alpha value is -3.31. The molecule has 0 bridgehead atoms. The van der Waals surface area contributed by atoms with Gasteiger partial charge in [0.15, 0.2) is 0 Å². The summed E-state index contributed by atoms with van der Waals surface area (Å²) in [6, 6.07) is 10.4. The molecule has 2 N–H and O–H groups in total. The number of nitrogens with zero attached hydrogens (tertiary/aromatic N) is 4. The third-order valence-corrected chi connectivity index (χ3v) is 5.04. The molecule has 11 heteroatoms. The van der Waals surface area contributed by atoms with Crippen LogP contribution < -0.4 is 10.0 Å². The zero-order valence-corrected chi connectivity index (χ0v) is 14.8. The SMILES string of the molecule is O=[N+]([O-])c1cccc(S(=O)(=O)NCCNc2cc(-n3cccc3)ncn2)c1. The molecule has 0 unspecified atom stereocenters. The Morgan fingerprint density at radius 1 is 1.07 bits per heavy atom. The Morgan fingerprint density at radius 3 is 2.59 bits per heavy atom. The van der Waals surface area contributed by atoms with Gasteiger partial charge in [-0.3, -0.25) is 10.1 Å². The van der Waals surface area contributed by atoms with E-state index in [1.165, 1.54) is 24.5 Å². The van der Waals surface area contributed by atoms with E-state index in [0.29, 0.717) is 11.6 Å². The summed E-state index contributed by atoms with van der Waals surface area (Å²) in [6.07, 6.45) is 5.10. The Bertz CT molecular complexity index is 1040. The second kappa shape index (κ2) is 7.93. The smallest absolute Gasteiger partial charge is 0.270 e. The van der Waals surface area contributed by atoms with Crippen LogP contribution in [0, 0.1) is 10.1 Å². The van der Waals surface area contributed by atoms with Crippen LogP contribution in [0.4, 0.5) is 11.5 Å². The second-order valence-electron chi connectivity index (χ2n) is 5.43. The normalized spacial score (nSPS) is 11.3. The molecule has 3 aromatic rings. The van der Waals surface area contributed by atoms with Crippen molar-refractivity contribution in [2.24, 2.45) is 0 Å². The van der Waals surface area contributed by atoms with Gasteiger partial charge in [0.25, 0.3) is 5.69 Å². The first-order valence-corrected chi connectivity index (χ1v) is 9.37. The van der Waals surface area contributed by atoms with Crippen molar-refractivity contribution in [1.82, 2.24) is 19.3 Å². The van der Waals surface area contributed by atoms with Crippen molar-refractivity contribution in [3.63, 3.8) is 0 Å². The molecule has 0 aliphatic rings. The summed E-state index contributed by atoms with van der Waals surface area (Å²) in [5.74, 6) is 1.22.